The zero-order chi connectivity index (χ0) is 24.1. The van der Waals surface area contributed by atoms with Crippen LogP contribution in [0.3, 0.4) is 0 Å². The van der Waals surface area contributed by atoms with E-state index in [0.29, 0.717) is 24.8 Å². The van der Waals surface area contributed by atoms with Crippen LogP contribution in [-0.2, 0) is 14.3 Å². The van der Waals surface area contributed by atoms with Crippen LogP contribution in [-0.4, -0.2) is 34.9 Å². The van der Waals surface area contributed by atoms with Gasteiger partial charge in [-0.05, 0) is 36.6 Å². The Morgan fingerprint density at radius 3 is 2.53 bits per heavy atom. The van der Waals surface area contributed by atoms with Gasteiger partial charge in [0.1, 0.15) is 12.2 Å². The third-order valence-corrected chi connectivity index (χ3v) is 7.00. The molecule has 1 saturated carbocycles. The van der Waals surface area contributed by atoms with Gasteiger partial charge in [-0.2, -0.15) is 0 Å². The quantitative estimate of drug-likeness (QED) is 0.293. The summed E-state index contributed by atoms with van der Waals surface area (Å²) in [6.07, 6.45) is 7.70. The number of aliphatic hydroxyl groups is 1. The maximum Gasteiger partial charge on any atom is 0.338 e. The second kappa shape index (κ2) is 10.6. The summed E-state index contributed by atoms with van der Waals surface area (Å²) in [7, 11) is 0. The molecule has 5 atom stereocenters. The number of fused-ring (bicyclic) bond motifs is 1. The highest BCUT2D eigenvalue weighted by molar-refractivity contribution is 5.90. The summed E-state index contributed by atoms with van der Waals surface area (Å²) in [6.45, 7) is 3.94. The number of rotatable bonds is 9. The van der Waals surface area contributed by atoms with E-state index in [1.165, 1.54) is 0 Å². The lowest BCUT2D eigenvalue weighted by molar-refractivity contribution is -0.141. The van der Waals surface area contributed by atoms with Crippen molar-refractivity contribution in [2.75, 3.05) is 0 Å². The number of esters is 2. The molecule has 2 fully saturated rings. The molecule has 1 aliphatic carbocycles. The van der Waals surface area contributed by atoms with Gasteiger partial charge in [-0.15, -0.1) is 0 Å². The van der Waals surface area contributed by atoms with Gasteiger partial charge in [-0.3, -0.25) is 4.79 Å². The number of benzene rings is 2. The van der Waals surface area contributed by atoms with Gasteiger partial charge in [0, 0.05) is 18.3 Å². The van der Waals surface area contributed by atoms with E-state index in [4.69, 9.17) is 9.47 Å². The van der Waals surface area contributed by atoms with E-state index in [2.05, 4.69) is 6.92 Å². The molecule has 1 saturated heterocycles. The Bertz CT molecular complexity index is 1010. The van der Waals surface area contributed by atoms with Crippen molar-refractivity contribution in [2.45, 2.75) is 70.2 Å². The first kappa shape index (κ1) is 24.2. The molecule has 5 nitrogen and oxygen atoms in total. The molecular weight excluding hydrogens is 428 g/mol. The van der Waals surface area contributed by atoms with Gasteiger partial charge >= 0.3 is 11.9 Å². The zero-order valence-corrected chi connectivity index (χ0v) is 20.0. The van der Waals surface area contributed by atoms with Gasteiger partial charge < -0.3 is 14.6 Å². The number of unbranched alkanes of at least 4 members (excludes halogenated alkanes) is 2. The Balaban J connectivity index is 1.45. The molecule has 1 heterocycles. The van der Waals surface area contributed by atoms with Crippen molar-refractivity contribution in [1.29, 1.82) is 0 Å². The number of carbonyl (C=O) groups is 2. The topological polar surface area (TPSA) is 72.8 Å². The Labute approximate surface area is 201 Å². The zero-order valence-electron chi connectivity index (χ0n) is 20.0. The molecule has 2 aromatic carbocycles. The van der Waals surface area contributed by atoms with Crippen LogP contribution in [0.2, 0.25) is 0 Å². The number of hydrogen-bond donors (Lipinski definition) is 1. The summed E-state index contributed by atoms with van der Waals surface area (Å²) in [6, 6.07) is 17.4. The lowest BCUT2D eigenvalue weighted by atomic mass is 9.89. The molecule has 2 aliphatic rings. The smallest absolute Gasteiger partial charge is 0.338 e. The molecule has 1 N–H and O–H groups in total. The Kier molecular flexibility index (Phi) is 7.52. The van der Waals surface area contributed by atoms with Crippen LogP contribution in [0, 0.1) is 11.8 Å². The molecule has 4 unspecified atom stereocenters. The van der Waals surface area contributed by atoms with Crippen LogP contribution < -0.4 is 0 Å². The molecule has 0 amide bonds. The molecule has 0 radical (unpaired) electrons. The van der Waals surface area contributed by atoms with Gasteiger partial charge in [0.15, 0.2) is 0 Å². The van der Waals surface area contributed by atoms with Crippen molar-refractivity contribution in [1.82, 2.24) is 0 Å². The molecule has 1 aliphatic heterocycles. The predicted octanol–water partition coefficient (Wildman–Crippen LogP) is 5.72. The summed E-state index contributed by atoms with van der Waals surface area (Å²) in [5.74, 6) is -0.788. The van der Waals surface area contributed by atoms with Crippen LogP contribution in [0.5, 0.6) is 0 Å². The summed E-state index contributed by atoms with van der Waals surface area (Å²) in [4.78, 5) is 24.8. The molecule has 0 bridgehead atoms. The van der Waals surface area contributed by atoms with Gasteiger partial charge in [-0.25, -0.2) is 4.79 Å². The molecule has 5 heteroatoms. The third kappa shape index (κ3) is 5.76. The average Bonchev–Trinajstić information content (AvgIpc) is 3.33. The van der Waals surface area contributed by atoms with E-state index in [1.54, 1.807) is 19.1 Å². The minimum Gasteiger partial charge on any atom is -0.462 e. The van der Waals surface area contributed by atoms with Crippen molar-refractivity contribution >= 4 is 11.9 Å². The molecule has 2 aromatic rings. The van der Waals surface area contributed by atoms with Crippen LogP contribution >= 0.6 is 0 Å². The van der Waals surface area contributed by atoms with Gasteiger partial charge in [0.2, 0.25) is 0 Å². The molecule has 4 rings (SSSR count). The fourth-order valence-electron chi connectivity index (χ4n) is 5.06. The van der Waals surface area contributed by atoms with Crippen LogP contribution in [0.15, 0.2) is 66.7 Å². The van der Waals surface area contributed by atoms with Crippen LogP contribution in [0.4, 0.5) is 0 Å². The lowest BCUT2D eigenvalue weighted by Crippen LogP contribution is -2.26. The minimum absolute atomic E-state index is 0.0338. The van der Waals surface area contributed by atoms with Crippen LogP contribution in [0.25, 0.3) is 11.1 Å². The summed E-state index contributed by atoms with van der Waals surface area (Å²) in [5.41, 5.74) is 1.68. The number of ether oxygens (including phenoxy) is 2. The molecule has 0 spiro atoms. The molecular formula is C29H34O5. The lowest BCUT2D eigenvalue weighted by Gasteiger charge is -2.23. The Morgan fingerprint density at radius 2 is 1.82 bits per heavy atom. The van der Waals surface area contributed by atoms with E-state index < -0.39 is 11.7 Å². The second-order valence-corrected chi connectivity index (χ2v) is 9.77. The van der Waals surface area contributed by atoms with E-state index >= 15 is 0 Å². The SMILES string of the molecule is CCCCC[C@](C)(O)C=CC1C(OC(=O)c2ccc(-c3ccccc3)cc2)CC2OC(=O)CC21. The van der Waals surface area contributed by atoms with Crippen LogP contribution in [0.1, 0.15) is 62.7 Å². The monoisotopic (exact) mass is 462 g/mol. The summed E-state index contributed by atoms with van der Waals surface area (Å²) < 4.78 is 11.4. The van der Waals surface area contributed by atoms with Gasteiger partial charge in [-0.1, -0.05) is 80.8 Å². The highest BCUT2D eigenvalue weighted by Gasteiger charge is 2.50. The van der Waals surface area contributed by atoms with E-state index in [0.717, 1.165) is 30.4 Å². The summed E-state index contributed by atoms with van der Waals surface area (Å²) >= 11 is 0. The standard InChI is InChI=1S/C29H34O5/c1-3-4-8-16-29(2,32)17-15-23-24-18-27(30)33-26(24)19-25(23)34-28(31)22-13-11-21(12-14-22)20-9-6-5-7-10-20/h5-7,9-15,17,23-26,32H,3-4,8,16,18-19H2,1-2H3/t23?,24?,25?,26?,29-/m0/s1. The molecule has 34 heavy (non-hydrogen) atoms. The first-order chi connectivity index (χ1) is 16.4. The van der Waals surface area contributed by atoms with Crippen molar-refractivity contribution in [3.8, 4) is 11.1 Å². The maximum atomic E-state index is 13.0. The van der Waals surface area contributed by atoms with Crippen molar-refractivity contribution in [3.05, 3.63) is 72.3 Å². The summed E-state index contributed by atoms with van der Waals surface area (Å²) in [5, 5.41) is 10.8. The van der Waals surface area contributed by atoms with Gasteiger partial charge in [0.05, 0.1) is 17.6 Å². The Morgan fingerprint density at radius 1 is 1.12 bits per heavy atom. The van der Waals surface area contributed by atoms with Crippen molar-refractivity contribution in [3.63, 3.8) is 0 Å². The fourth-order valence-corrected chi connectivity index (χ4v) is 5.06. The normalized spacial score (nSPS) is 25.7. The first-order valence-electron chi connectivity index (χ1n) is 12.3. The first-order valence-corrected chi connectivity index (χ1v) is 12.3. The number of hydrogen-bond acceptors (Lipinski definition) is 5. The van der Waals surface area contributed by atoms with E-state index in [9.17, 15) is 14.7 Å². The Hall–Kier alpha value is -2.92. The second-order valence-electron chi connectivity index (χ2n) is 9.77. The number of carbonyl (C=O) groups excluding carboxylic acids is 2. The minimum atomic E-state index is -0.932. The maximum absolute atomic E-state index is 13.0. The van der Waals surface area contributed by atoms with Gasteiger partial charge in [0.25, 0.3) is 0 Å². The highest BCUT2D eigenvalue weighted by atomic mass is 16.6. The van der Waals surface area contributed by atoms with Crippen molar-refractivity contribution < 1.29 is 24.2 Å². The highest BCUT2D eigenvalue weighted by Crippen LogP contribution is 2.44. The van der Waals surface area contributed by atoms with E-state index in [-0.39, 0.29) is 29.9 Å². The molecule has 180 valence electrons. The predicted molar refractivity (Wildman–Crippen MR) is 131 cm³/mol. The third-order valence-electron chi connectivity index (χ3n) is 7.00. The average molecular weight is 463 g/mol. The largest absolute Gasteiger partial charge is 0.462 e. The molecule has 0 aromatic heterocycles. The fraction of sp³-hybridized carbons (Fsp3) is 0.448. The van der Waals surface area contributed by atoms with E-state index in [1.807, 2.05) is 54.6 Å². The van der Waals surface area contributed by atoms with Crippen molar-refractivity contribution in [2.24, 2.45) is 11.8 Å².